The number of hydrazone groups is 1. The van der Waals surface area contributed by atoms with Gasteiger partial charge in [-0.25, -0.2) is 9.82 Å². The first kappa shape index (κ1) is 14.2. The van der Waals surface area contributed by atoms with Crippen molar-refractivity contribution in [3.8, 4) is 0 Å². The van der Waals surface area contributed by atoms with Crippen LogP contribution in [0.15, 0.2) is 29.4 Å². The van der Waals surface area contributed by atoms with E-state index in [0.717, 1.165) is 25.7 Å². The molecule has 0 saturated heterocycles. The summed E-state index contributed by atoms with van der Waals surface area (Å²) >= 11 is 0. The lowest BCUT2D eigenvalue weighted by Crippen LogP contribution is -2.42. The molecule has 6 heteroatoms. The molecule has 0 bridgehead atoms. The Hall–Kier alpha value is -2.24. The van der Waals surface area contributed by atoms with Crippen LogP contribution in [0.3, 0.4) is 0 Å². The fourth-order valence-electron chi connectivity index (χ4n) is 2.09. The molecule has 0 heterocycles. The summed E-state index contributed by atoms with van der Waals surface area (Å²) in [5, 5.41) is 6.32. The van der Waals surface area contributed by atoms with Crippen LogP contribution in [0.5, 0.6) is 0 Å². The van der Waals surface area contributed by atoms with Crippen molar-refractivity contribution in [1.29, 1.82) is 0 Å². The highest BCUT2D eigenvalue weighted by atomic mass is 19.1. The molecule has 0 spiro atoms. The molecule has 2 rings (SSSR count). The second kappa shape index (κ2) is 6.79. The van der Waals surface area contributed by atoms with E-state index in [1.165, 1.54) is 30.5 Å². The van der Waals surface area contributed by atoms with Crippen LogP contribution in [-0.4, -0.2) is 24.1 Å². The number of amides is 2. The highest BCUT2D eigenvalue weighted by molar-refractivity contribution is 6.35. The number of carbonyl (C=O) groups excluding carboxylic acids is 2. The van der Waals surface area contributed by atoms with Crippen molar-refractivity contribution in [3.63, 3.8) is 0 Å². The minimum absolute atomic E-state index is 0.0920. The normalized spacial score (nSPS) is 15.4. The van der Waals surface area contributed by atoms with Crippen molar-refractivity contribution in [3.05, 3.63) is 35.6 Å². The van der Waals surface area contributed by atoms with E-state index < -0.39 is 11.8 Å². The van der Waals surface area contributed by atoms with Crippen molar-refractivity contribution in [1.82, 2.24) is 10.7 Å². The maximum atomic E-state index is 12.7. The van der Waals surface area contributed by atoms with Crippen LogP contribution in [0.1, 0.15) is 31.2 Å². The Bertz CT molecular complexity index is 508. The lowest BCUT2D eigenvalue weighted by Gasteiger charge is -2.10. The number of nitrogens with one attached hydrogen (secondary N) is 2. The number of halogens is 1. The molecular weight excluding hydrogens is 261 g/mol. The Labute approximate surface area is 116 Å². The third kappa shape index (κ3) is 4.15. The van der Waals surface area contributed by atoms with Crippen LogP contribution in [0.25, 0.3) is 0 Å². The molecule has 0 atom stereocenters. The summed E-state index contributed by atoms with van der Waals surface area (Å²) in [4.78, 5) is 23.0. The molecule has 1 aromatic carbocycles. The third-order valence-electron chi connectivity index (χ3n) is 3.15. The van der Waals surface area contributed by atoms with Gasteiger partial charge in [0.2, 0.25) is 0 Å². The molecule has 0 unspecified atom stereocenters. The second-order valence-electron chi connectivity index (χ2n) is 4.71. The summed E-state index contributed by atoms with van der Waals surface area (Å²) < 4.78 is 12.7. The Morgan fingerprint density at radius 1 is 1.15 bits per heavy atom. The molecule has 2 N–H and O–H groups in total. The van der Waals surface area contributed by atoms with E-state index in [1.54, 1.807) is 0 Å². The zero-order chi connectivity index (χ0) is 14.4. The molecule has 0 aromatic heterocycles. The molecule has 1 aliphatic carbocycles. The summed E-state index contributed by atoms with van der Waals surface area (Å²) in [6, 6.07) is 5.70. The molecule has 1 saturated carbocycles. The number of hydrogen-bond acceptors (Lipinski definition) is 3. The minimum Gasteiger partial charge on any atom is -0.345 e. The molecule has 1 fully saturated rings. The first-order valence-corrected chi connectivity index (χ1v) is 6.54. The van der Waals surface area contributed by atoms with Gasteiger partial charge in [0, 0.05) is 6.04 Å². The van der Waals surface area contributed by atoms with Gasteiger partial charge in [-0.15, -0.1) is 0 Å². The van der Waals surface area contributed by atoms with E-state index in [4.69, 9.17) is 0 Å². The monoisotopic (exact) mass is 277 g/mol. The zero-order valence-corrected chi connectivity index (χ0v) is 10.9. The molecule has 0 aliphatic heterocycles. The van der Waals surface area contributed by atoms with Gasteiger partial charge in [-0.05, 0) is 30.5 Å². The average Bonchev–Trinajstić information content (AvgIpc) is 2.93. The van der Waals surface area contributed by atoms with Crippen LogP contribution in [0.4, 0.5) is 4.39 Å². The Morgan fingerprint density at radius 2 is 1.80 bits per heavy atom. The van der Waals surface area contributed by atoms with Gasteiger partial charge in [-0.3, -0.25) is 9.59 Å². The van der Waals surface area contributed by atoms with Crippen molar-refractivity contribution >= 4 is 18.0 Å². The topological polar surface area (TPSA) is 70.6 Å². The summed E-state index contributed by atoms with van der Waals surface area (Å²) in [7, 11) is 0. The van der Waals surface area contributed by atoms with Crippen LogP contribution < -0.4 is 10.7 Å². The molecule has 1 aliphatic rings. The van der Waals surface area contributed by atoms with Crippen LogP contribution in [-0.2, 0) is 9.59 Å². The van der Waals surface area contributed by atoms with E-state index in [2.05, 4.69) is 15.8 Å². The Balaban J connectivity index is 1.78. The number of carbonyl (C=O) groups is 2. The van der Waals surface area contributed by atoms with Gasteiger partial charge in [-0.2, -0.15) is 5.10 Å². The average molecular weight is 277 g/mol. The highest BCUT2D eigenvalue weighted by Gasteiger charge is 2.20. The summed E-state index contributed by atoms with van der Waals surface area (Å²) in [6.07, 6.45) is 5.33. The Kier molecular flexibility index (Phi) is 4.81. The first-order valence-electron chi connectivity index (χ1n) is 6.54. The SMILES string of the molecule is O=C(N/N=C\c1ccc(F)cc1)C(=O)NC1CCCC1. The van der Waals surface area contributed by atoms with Crippen molar-refractivity contribution in [2.45, 2.75) is 31.7 Å². The van der Waals surface area contributed by atoms with Gasteiger partial charge in [-0.1, -0.05) is 25.0 Å². The largest absolute Gasteiger partial charge is 0.345 e. The summed E-state index contributed by atoms with van der Waals surface area (Å²) in [6.45, 7) is 0. The predicted molar refractivity (Wildman–Crippen MR) is 72.5 cm³/mol. The number of rotatable bonds is 3. The van der Waals surface area contributed by atoms with Crippen LogP contribution in [0.2, 0.25) is 0 Å². The lowest BCUT2D eigenvalue weighted by atomic mass is 10.2. The molecule has 1 aromatic rings. The molecular formula is C14H16FN3O2. The molecule has 106 valence electrons. The third-order valence-corrected chi connectivity index (χ3v) is 3.15. The predicted octanol–water partition coefficient (Wildman–Crippen LogP) is 1.33. The summed E-state index contributed by atoms with van der Waals surface area (Å²) in [5.74, 6) is -1.81. The first-order chi connectivity index (χ1) is 9.65. The van der Waals surface area contributed by atoms with E-state index >= 15 is 0 Å². The van der Waals surface area contributed by atoms with Gasteiger partial charge in [0.25, 0.3) is 0 Å². The van der Waals surface area contributed by atoms with E-state index in [-0.39, 0.29) is 11.9 Å². The van der Waals surface area contributed by atoms with E-state index in [0.29, 0.717) is 5.56 Å². The minimum atomic E-state index is -0.796. The number of nitrogens with zero attached hydrogens (tertiary/aromatic N) is 1. The molecule has 0 radical (unpaired) electrons. The smallest absolute Gasteiger partial charge is 0.329 e. The van der Waals surface area contributed by atoms with Gasteiger partial charge in [0.15, 0.2) is 0 Å². The Morgan fingerprint density at radius 3 is 2.45 bits per heavy atom. The highest BCUT2D eigenvalue weighted by Crippen LogP contribution is 2.17. The second-order valence-corrected chi connectivity index (χ2v) is 4.71. The van der Waals surface area contributed by atoms with Crippen LogP contribution in [0, 0.1) is 5.82 Å². The number of benzene rings is 1. The fourth-order valence-corrected chi connectivity index (χ4v) is 2.09. The molecule has 5 nitrogen and oxygen atoms in total. The van der Waals surface area contributed by atoms with E-state index in [1.807, 2.05) is 0 Å². The van der Waals surface area contributed by atoms with E-state index in [9.17, 15) is 14.0 Å². The van der Waals surface area contributed by atoms with Gasteiger partial charge >= 0.3 is 11.8 Å². The lowest BCUT2D eigenvalue weighted by molar-refractivity contribution is -0.139. The van der Waals surface area contributed by atoms with Crippen molar-refractivity contribution < 1.29 is 14.0 Å². The van der Waals surface area contributed by atoms with Gasteiger partial charge in [0.05, 0.1) is 6.21 Å². The standard InChI is InChI=1S/C14H16FN3O2/c15-11-7-5-10(6-8-11)9-16-18-14(20)13(19)17-12-3-1-2-4-12/h5-9,12H,1-4H2,(H,17,19)(H,18,20)/b16-9-. The quantitative estimate of drug-likeness (QED) is 0.497. The van der Waals surface area contributed by atoms with Crippen molar-refractivity contribution in [2.24, 2.45) is 5.10 Å². The maximum Gasteiger partial charge on any atom is 0.329 e. The zero-order valence-electron chi connectivity index (χ0n) is 10.9. The molecule has 20 heavy (non-hydrogen) atoms. The summed E-state index contributed by atoms with van der Waals surface area (Å²) in [5.41, 5.74) is 2.77. The molecule has 2 amide bonds. The van der Waals surface area contributed by atoms with Crippen molar-refractivity contribution in [2.75, 3.05) is 0 Å². The fraction of sp³-hybridized carbons (Fsp3) is 0.357. The number of hydrogen-bond donors (Lipinski definition) is 2. The van der Waals surface area contributed by atoms with Gasteiger partial charge in [0.1, 0.15) is 5.82 Å². The maximum absolute atomic E-state index is 12.7. The van der Waals surface area contributed by atoms with Crippen LogP contribution >= 0.6 is 0 Å². The van der Waals surface area contributed by atoms with Gasteiger partial charge < -0.3 is 5.32 Å².